The monoisotopic (exact) mass is 337 g/mol. The lowest BCUT2D eigenvalue weighted by Gasteiger charge is -2.09. The quantitative estimate of drug-likeness (QED) is 0.747. The SMILES string of the molecule is CCc1c(C(=O)NCc2ccc(F)cc2)cnn1Cc1ccccc1. The normalized spacial score (nSPS) is 10.6. The minimum absolute atomic E-state index is 0.166. The van der Waals surface area contributed by atoms with Gasteiger partial charge in [-0.15, -0.1) is 0 Å². The summed E-state index contributed by atoms with van der Waals surface area (Å²) in [6.45, 7) is 3.00. The summed E-state index contributed by atoms with van der Waals surface area (Å²) < 4.78 is 14.8. The molecule has 5 heteroatoms. The number of carbonyl (C=O) groups excluding carboxylic acids is 1. The zero-order chi connectivity index (χ0) is 17.6. The number of aromatic nitrogens is 2. The second-order valence-electron chi connectivity index (χ2n) is 5.81. The van der Waals surface area contributed by atoms with Crippen LogP contribution in [0.25, 0.3) is 0 Å². The molecule has 0 saturated carbocycles. The number of halogens is 1. The molecule has 0 radical (unpaired) electrons. The topological polar surface area (TPSA) is 46.9 Å². The molecule has 0 aliphatic rings. The van der Waals surface area contributed by atoms with Gasteiger partial charge in [-0.2, -0.15) is 5.10 Å². The van der Waals surface area contributed by atoms with Gasteiger partial charge in [-0.05, 0) is 29.7 Å². The fourth-order valence-corrected chi connectivity index (χ4v) is 2.75. The van der Waals surface area contributed by atoms with Crippen molar-refractivity contribution in [1.29, 1.82) is 0 Å². The number of hydrogen-bond acceptors (Lipinski definition) is 2. The Kier molecular flexibility index (Phi) is 5.23. The summed E-state index contributed by atoms with van der Waals surface area (Å²) in [6.07, 6.45) is 2.33. The van der Waals surface area contributed by atoms with E-state index in [2.05, 4.69) is 10.4 Å². The molecule has 3 rings (SSSR count). The van der Waals surface area contributed by atoms with Crippen LogP contribution in [0.4, 0.5) is 4.39 Å². The summed E-state index contributed by atoms with van der Waals surface area (Å²) in [5.74, 6) is -0.453. The van der Waals surface area contributed by atoms with Crippen molar-refractivity contribution in [2.45, 2.75) is 26.4 Å². The van der Waals surface area contributed by atoms with Crippen LogP contribution in [-0.2, 0) is 19.5 Å². The summed E-state index contributed by atoms with van der Waals surface area (Å²) in [7, 11) is 0. The molecule has 0 saturated heterocycles. The van der Waals surface area contributed by atoms with Gasteiger partial charge in [-0.3, -0.25) is 9.48 Å². The molecule has 3 aromatic rings. The molecule has 0 aliphatic heterocycles. The second-order valence-corrected chi connectivity index (χ2v) is 5.81. The van der Waals surface area contributed by atoms with E-state index in [1.54, 1.807) is 18.3 Å². The van der Waals surface area contributed by atoms with Crippen molar-refractivity contribution < 1.29 is 9.18 Å². The van der Waals surface area contributed by atoms with Crippen LogP contribution in [0.1, 0.15) is 34.1 Å². The van der Waals surface area contributed by atoms with E-state index < -0.39 is 0 Å². The lowest BCUT2D eigenvalue weighted by atomic mass is 10.1. The van der Waals surface area contributed by atoms with Gasteiger partial charge < -0.3 is 5.32 Å². The number of carbonyl (C=O) groups is 1. The minimum Gasteiger partial charge on any atom is -0.348 e. The lowest BCUT2D eigenvalue weighted by Crippen LogP contribution is -2.24. The average Bonchev–Trinajstić information content (AvgIpc) is 3.04. The molecule has 0 aliphatic carbocycles. The Labute approximate surface area is 146 Å². The predicted molar refractivity (Wildman–Crippen MR) is 94.7 cm³/mol. The molecule has 1 aromatic heterocycles. The molecule has 2 aromatic carbocycles. The first-order valence-electron chi connectivity index (χ1n) is 8.28. The third-order valence-electron chi connectivity index (χ3n) is 4.07. The minimum atomic E-state index is -0.287. The van der Waals surface area contributed by atoms with Gasteiger partial charge >= 0.3 is 0 Å². The zero-order valence-corrected chi connectivity index (χ0v) is 14.1. The average molecular weight is 337 g/mol. The maximum absolute atomic E-state index is 12.9. The summed E-state index contributed by atoms with van der Waals surface area (Å²) >= 11 is 0. The van der Waals surface area contributed by atoms with Crippen molar-refractivity contribution >= 4 is 5.91 Å². The largest absolute Gasteiger partial charge is 0.348 e. The van der Waals surface area contributed by atoms with Crippen molar-refractivity contribution in [3.8, 4) is 0 Å². The highest BCUT2D eigenvalue weighted by Crippen LogP contribution is 2.13. The van der Waals surface area contributed by atoms with Crippen LogP contribution in [0.2, 0.25) is 0 Å². The Bertz CT molecular complexity index is 841. The Balaban J connectivity index is 1.71. The fraction of sp³-hybridized carbons (Fsp3) is 0.200. The van der Waals surface area contributed by atoms with Crippen LogP contribution in [0, 0.1) is 5.82 Å². The van der Waals surface area contributed by atoms with Crippen molar-refractivity contribution in [2.75, 3.05) is 0 Å². The third-order valence-corrected chi connectivity index (χ3v) is 4.07. The van der Waals surface area contributed by atoms with Crippen LogP contribution in [-0.4, -0.2) is 15.7 Å². The smallest absolute Gasteiger partial charge is 0.255 e. The van der Waals surface area contributed by atoms with Gasteiger partial charge in [0, 0.05) is 6.54 Å². The number of nitrogens with zero attached hydrogens (tertiary/aromatic N) is 2. The second kappa shape index (κ2) is 7.75. The molecule has 1 N–H and O–H groups in total. The van der Waals surface area contributed by atoms with Gasteiger partial charge in [0.15, 0.2) is 0 Å². The van der Waals surface area contributed by atoms with Crippen molar-refractivity contribution in [3.05, 3.63) is 89.0 Å². The molecular weight excluding hydrogens is 317 g/mol. The van der Waals surface area contributed by atoms with E-state index in [4.69, 9.17) is 0 Å². The first-order chi connectivity index (χ1) is 12.2. The van der Waals surface area contributed by atoms with E-state index in [0.717, 1.165) is 16.8 Å². The van der Waals surface area contributed by atoms with Gasteiger partial charge in [0.1, 0.15) is 5.82 Å². The van der Waals surface area contributed by atoms with E-state index in [1.807, 2.05) is 41.9 Å². The van der Waals surface area contributed by atoms with E-state index in [1.165, 1.54) is 12.1 Å². The van der Waals surface area contributed by atoms with Gasteiger partial charge in [-0.1, -0.05) is 49.4 Å². The number of rotatable bonds is 6. The Morgan fingerprint density at radius 2 is 1.80 bits per heavy atom. The Hall–Kier alpha value is -2.95. The van der Waals surface area contributed by atoms with E-state index in [9.17, 15) is 9.18 Å². The summed E-state index contributed by atoms with van der Waals surface area (Å²) in [5.41, 5.74) is 3.48. The molecule has 1 heterocycles. The molecule has 0 bridgehead atoms. The third kappa shape index (κ3) is 4.12. The van der Waals surface area contributed by atoms with Crippen LogP contribution >= 0.6 is 0 Å². The summed E-state index contributed by atoms with van der Waals surface area (Å²) in [5, 5.41) is 7.25. The van der Waals surface area contributed by atoms with E-state index in [0.29, 0.717) is 25.1 Å². The summed E-state index contributed by atoms with van der Waals surface area (Å²) in [6, 6.07) is 16.1. The fourth-order valence-electron chi connectivity index (χ4n) is 2.75. The van der Waals surface area contributed by atoms with Crippen LogP contribution < -0.4 is 5.32 Å². The molecule has 1 amide bonds. The maximum atomic E-state index is 12.9. The van der Waals surface area contributed by atoms with Gasteiger partial charge in [0.25, 0.3) is 5.91 Å². The Morgan fingerprint density at radius 3 is 2.48 bits per heavy atom. The first-order valence-corrected chi connectivity index (χ1v) is 8.28. The number of nitrogens with one attached hydrogen (secondary N) is 1. The molecular formula is C20H20FN3O. The molecule has 4 nitrogen and oxygen atoms in total. The molecule has 0 unspecified atom stereocenters. The predicted octanol–water partition coefficient (Wildman–Crippen LogP) is 3.56. The number of hydrogen-bond donors (Lipinski definition) is 1. The molecule has 25 heavy (non-hydrogen) atoms. The highest BCUT2D eigenvalue weighted by molar-refractivity contribution is 5.95. The molecule has 128 valence electrons. The zero-order valence-electron chi connectivity index (χ0n) is 14.1. The molecule has 0 fully saturated rings. The lowest BCUT2D eigenvalue weighted by molar-refractivity contribution is 0.0950. The summed E-state index contributed by atoms with van der Waals surface area (Å²) in [4.78, 5) is 12.5. The maximum Gasteiger partial charge on any atom is 0.255 e. The highest BCUT2D eigenvalue weighted by Gasteiger charge is 2.16. The highest BCUT2D eigenvalue weighted by atomic mass is 19.1. The van der Waals surface area contributed by atoms with Crippen LogP contribution in [0.3, 0.4) is 0 Å². The first kappa shape index (κ1) is 16.9. The van der Waals surface area contributed by atoms with Crippen LogP contribution in [0.15, 0.2) is 60.8 Å². The van der Waals surface area contributed by atoms with Gasteiger partial charge in [-0.25, -0.2) is 4.39 Å². The van der Waals surface area contributed by atoms with Crippen molar-refractivity contribution in [2.24, 2.45) is 0 Å². The van der Waals surface area contributed by atoms with Crippen molar-refractivity contribution in [3.63, 3.8) is 0 Å². The van der Waals surface area contributed by atoms with Crippen LogP contribution in [0.5, 0.6) is 0 Å². The standard InChI is InChI=1S/C20H20FN3O/c1-2-19-18(13-23-24(19)14-16-6-4-3-5-7-16)20(25)22-12-15-8-10-17(21)11-9-15/h3-11,13H,2,12,14H2,1H3,(H,22,25). The Morgan fingerprint density at radius 1 is 1.08 bits per heavy atom. The number of amides is 1. The van der Waals surface area contributed by atoms with E-state index >= 15 is 0 Å². The molecule has 0 atom stereocenters. The van der Waals surface area contributed by atoms with E-state index in [-0.39, 0.29) is 11.7 Å². The van der Waals surface area contributed by atoms with Gasteiger partial charge in [0.2, 0.25) is 0 Å². The number of benzene rings is 2. The molecule has 0 spiro atoms. The van der Waals surface area contributed by atoms with Gasteiger partial charge in [0.05, 0.1) is 24.0 Å². The van der Waals surface area contributed by atoms with Crippen molar-refractivity contribution in [1.82, 2.24) is 15.1 Å².